The number of carboxylic acid groups (broad SMARTS) is 1. The average molecular weight is 251 g/mol. The van der Waals surface area contributed by atoms with Crippen molar-refractivity contribution in [2.45, 2.75) is 18.9 Å². The van der Waals surface area contributed by atoms with Gasteiger partial charge in [0.1, 0.15) is 5.82 Å². The second-order valence-corrected chi connectivity index (χ2v) is 4.38. The summed E-state index contributed by atoms with van der Waals surface area (Å²) in [6.07, 6.45) is 3.63. The van der Waals surface area contributed by atoms with Gasteiger partial charge in [0.15, 0.2) is 0 Å². The van der Waals surface area contributed by atoms with Crippen molar-refractivity contribution < 1.29 is 14.6 Å². The quantitative estimate of drug-likeness (QED) is 0.832. The summed E-state index contributed by atoms with van der Waals surface area (Å²) in [5.41, 5.74) is 6.33. The zero-order chi connectivity index (χ0) is 13.1. The van der Waals surface area contributed by atoms with Crippen LogP contribution in [0.15, 0.2) is 12.3 Å². The summed E-state index contributed by atoms with van der Waals surface area (Å²) in [6, 6.07) is 1.40. The van der Waals surface area contributed by atoms with Gasteiger partial charge in [-0.25, -0.2) is 9.78 Å². The van der Waals surface area contributed by atoms with Gasteiger partial charge in [-0.2, -0.15) is 0 Å². The first-order chi connectivity index (χ1) is 8.61. The SMILES string of the molecule is COC1CCCN(c2cnc(N)cc2C(=O)O)C1. The summed E-state index contributed by atoms with van der Waals surface area (Å²) < 4.78 is 5.33. The van der Waals surface area contributed by atoms with Crippen LogP contribution < -0.4 is 10.6 Å². The maximum atomic E-state index is 11.2. The van der Waals surface area contributed by atoms with Gasteiger partial charge in [0, 0.05) is 20.2 Å². The summed E-state index contributed by atoms with van der Waals surface area (Å²) in [5, 5.41) is 9.20. The number of aromatic carboxylic acids is 1. The van der Waals surface area contributed by atoms with Gasteiger partial charge in [-0.1, -0.05) is 0 Å². The van der Waals surface area contributed by atoms with E-state index in [1.807, 2.05) is 4.90 Å². The molecule has 0 saturated carbocycles. The number of carboxylic acids is 1. The van der Waals surface area contributed by atoms with Crippen LogP contribution in [0.1, 0.15) is 23.2 Å². The normalized spacial score (nSPS) is 19.8. The Labute approximate surface area is 105 Å². The molecule has 2 heterocycles. The minimum Gasteiger partial charge on any atom is -0.478 e. The molecule has 1 aromatic heterocycles. The molecule has 1 aliphatic heterocycles. The molecule has 3 N–H and O–H groups in total. The van der Waals surface area contributed by atoms with E-state index in [4.69, 9.17) is 10.5 Å². The van der Waals surface area contributed by atoms with Crippen LogP contribution >= 0.6 is 0 Å². The second-order valence-electron chi connectivity index (χ2n) is 4.38. The molecule has 1 fully saturated rings. The van der Waals surface area contributed by atoms with Crippen molar-refractivity contribution in [2.24, 2.45) is 0 Å². The maximum absolute atomic E-state index is 11.2. The lowest BCUT2D eigenvalue weighted by Gasteiger charge is -2.34. The van der Waals surface area contributed by atoms with Gasteiger partial charge in [0.2, 0.25) is 0 Å². The number of pyridine rings is 1. The molecule has 1 aliphatic rings. The first-order valence-electron chi connectivity index (χ1n) is 5.88. The number of piperidine rings is 1. The van der Waals surface area contributed by atoms with E-state index in [1.165, 1.54) is 12.3 Å². The molecule has 0 spiro atoms. The fourth-order valence-electron chi connectivity index (χ4n) is 2.24. The highest BCUT2D eigenvalue weighted by Crippen LogP contribution is 2.25. The third kappa shape index (κ3) is 2.53. The van der Waals surface area contributed by atoms with E-state index in [9.17, 15) is 9.90 Å². The Bertz CT molecular complexity index is 450. The fraction of sp³-hybridized carbons (Fsp3) is 0.500. The second kappa shape index (κ2) is 5.22. The summed E-state index contributed by atoms with van der Waals surface area (Å²) in [4.78, 5) is 17.2. The number of nitrogen functional groups attached to an aromatic ring is 1. The summed E-state index contributed by atoms with van der Waals surface area (Å²) in [6.45, 7) is 1.49. The molecule has 1 unspecified atom stereocenters. The molecule has 1 saturated heterocycles. The third-order valence-corrected chi connectivity index (χ3v) is 3.19. The number of aromatic nitrogens is 1. The van der Waals surface area contributed by atoms with Gasteiger partial charge in [-0.15, -0.1) is 0 Å². The molecule has 0 radical (unpaired) electrons. The minimum absolute atomic E-state index is 0.137. The van der Waals surface area contributed by atoms with Crippen LogP contribution in [0.2, 0.25) is 0 Å². The smallest absolute Gasteiger partial charge is 0.338 e. The number of hydrogen-bond donors (Lipinski definition) is 2. The zero-order valence-electron chi connectivity index (χ0n) is 10.3. The molecule has 0 amide bonds. The van der Waals surface area contributed by atoms with Crippen molar-refractivity contribution in [2.75, 3.05) is 30.8 Å². The van der Waals surface area contributed by atoms with Crippen molar-refractivity contribution >= 4 is 17.5 Å². The van der Waals surface area contributed by atoms with E-state index < -0.39 is 5.97 Å². The van der Waals surface area contributed by atoms with E-state index in [2.05, 4.69) is 4.98 Å². The average Bonchev–Trinajstić information content (AvgIpc) is 2.38. The monoisotopic (exact) mass is 251 g/mol. The van der Waals surface area contributed by atoms with Crippen molar-refractivity contribution in [3.63, 3.8) is 0 Å². The zero-order valence-corrected chi connectivity index (χ0v) is 10.3. The maximum Gasteiger partial charge on any atom is 0.338 e. The number of carbonyl (C=O) groups is 1. The fourth-order valence-corrected chi connectivity index (χ4v) is 2.24. The van der Waals surface area contributed by atoms with Crippen molar-refractivity contribution in [1.82, 2.24) is 4.98 Å². The Kier molecular flexibility index (Phi) is 3.66. The Morgan fingerprint density at radius 2 is 2.44 bits per heavy atom. The van der Waals surface area contributed by atoms with Gasteiger partial charge in [0.25, 0.3) is 0 Å². The lowest BCUT2D eigenvalue weighted by molar-refractivity contribution is 0.0695. The molecule has 0 aromatic carbocycles. The number of hydrogen-bond acceptors (Lipinski definition) is 5. The van der Waals surface area contributed by atoms with Crippen LogP contribution in [0.3, 0.4) is 0 Å². The van der Waals surface area contributed by atoms with Crippen LogP contribution in [-0.2, 0) is 4.74 Å². The highest BCUT2D eigenvalue weighted by molar-refractivity contribution is 5.95. The lowest BCUT2D eigenvalue weighted by atomic mass is 10.1. The van der Waals surface area contributed by atoms with Crippen molar-refractivity contribution in [3.8, 4) is 0 Å². The Morgan fingerprint density at radius 1 is 1.67 bits per heavy atom. The van der Waals surface area contributed by atoms with Crippen molar-refractivity contribution in [3.05, 3.63) is 17.8 Å². The first-order valence-corrected chi connectivity index (χ1v) is 5.88. The number of anilines is 2. The molecular formula is C12H17N3O3. The predicted molar refractivity (Wildman–Crippen MR) is 67.9 cm³/mol. The number of nitrogens with two attached hydrogens (primary N) is 1. The molecular weight excluding hydrogens is 234 g/mol. The van der Waals surface area contributed by atoms with E-state index in [0.29, 0.717) is 12.2 Å². The number of ether oxygens (including phenoxy) is 1. The molecule has 1 atom stereocenters. The van der Waals surface area contributed by atoms with E-state index in [1.54, 1.807) is 7.11 Å². The van der Waals surface area contributed by atoms with E-state index >= 15 is 0 Å². The third-order valence-electron chi connectivity index (χ3n) is 3.19. The van der Waals surface area contributed by atoms with Gasteiger partial charge in [-0.05, 0) is 18.9 Å². The standard InChI is InChI=1S/C12H17N3O3/c1-18-8-3-2-4-15(7-8)10-6-14-11(13)5-9(10)12(16)17/h5-6,8H,2-4,7H2,1H3,(H2,13,14)(H,16,17). The van der Waals surface area contributed by atoms with Crippen LogP contribution in [-0.4, -0.2) is 42.4 Å². The summed E-state index contributed by atoms with van der Waals surface area (Å²) >= 11 is 0. The number of methoxy groups -OCH3 is 1. The van der Waals surface area contributed by atoms with Crippen molar-refractivity contribution in [1.29, 1.82) is 0 Å². The highest BCUT2D eigenvalue weighted by Gasteiger charge is 2.23. The molecule has 2 rings (SSSR count). The lowest BCUT2D eigenvalue weighted by Crippen LogP contribution is -2.40. The minimum atomic E-state index is -0.987. The molecule has 6 heteroatoms. The Morgan fingerprint density at radius 3 is 3.11 bits per heavy atom. The van der Waals surface area contributed by atoms with Gasteiger partial charge < -0.3 is 20.5 Å². The van der Waals surface area contributed by atoms with E-state index in [-0.39, 0.29) is 17.5 Å². The molecule has 0 aliphatic carbocycles. The van der Waals surface area contributed by atoms with Crippen LogP contribution in [0, 0.1) is 0 Å². The molecule has 6 nitrogen and oxygen atoms in total. The molecule has 1 aromatic rings. The highest BCUT2D eigenvalue weighted by atomic mass is 16.5. The van der Waals surface area contributed by atoms with Gasteiger partial charge in [-0.3, -0.25) is 0 Å². The largest absolute Gasteiger partial charge is 0.478 e. The van der Waals surface area contributed by atoms with Crippen LogP contribution in [0.25, 0.3) is 0 Å². The predicted octanol–water partition coefficient (Wildman–Crippen LogP) is 0.977. The molecule has 0 bridgehead atoms. The number of rotatable bonds is 3. The Balaban J connectivity index is 2.29. The summed E-state index contributed by atoms with van der Waals surface area (Å²) in [5.74, 6) is -0.768. The molecule has 18 heavy (non-hydrogen) atoms. The van der Waals surface area contributed by atoms with Gasteiger partial charge >= 0.3 is 5.97 Å². The molecule has 98 valence electrons. The summed E-state index contributed by atoms with van der Waals surface area (Å²) in [7, 11) is 1.67. The van der Waals surface area contributed by atoms with Crippen LogP contribution in [0.5, 0.6) is 0 Å². The van der Waals surface area contributed by atoms with E-state index in [0.717, 1.165) is 19.4 Å². The first kappa shape index (κ1) is 12.6. The topological polar surface area (TPSA) is 88.7 Å². The number of nitrogens with zero attached hydrogens (tertiary/aromatic N) is 2. The Hall–Kier alpha value is -1.82. The van der Waals surface area contributed by atoms with Gasteiger partial charge in [0.05, 0.1) is 23.6 Å². The van der Waals surface area contributed by atoms with Crippen LogP contribution in [0.4, 0.5) is 11.5 Å².